The second kappa shape index (κ2) is 8.54. The zero-order valence-corrected chi connectivity index (χ0v) is 13.1. The van der Waals surface area contributed by atoms with Crippen LogP contribution in [0.2, 0.25) is 0 Å². The lowest BCUT2D eigenvalue weighted by molar-refractivity contribution is 0.303. The normalized spacial score (nSPS) is 12.1. The Kier molecular flexibility index (Phi) is 6.41. The van der Waals surface area contributed by atoms with E-state index < -0.39 is 0 Å². The third-order valence-corrected chi connectivity index (χ3v) is 3.81. The van der Waals surface area contributed by atoms with Crippen molar-refractivity contribution in [1.29, 1.82) is 0 Å². The summed E-state index contributed by atoms with van der Waals surface area (Å²) in [5, 5.41) is 0. The molecule has 3 heteroatoms. The van der Waals surface area contributed by atoms with E-state index in [0.717, 1.165) is 30.6 Å². The van der Waals surface area contributed by atoms with Gasteiger partial charge in [0.15, 0.2) is 0 Å². The van der Waals surface area contributed by atoms with Crippen molar-refractivity contribution in [1.82, 2.24) is 0 Å². The summed E-state index contributed by atoms with van der Waals surface area (Å²) in [7, 11) is 0. The maximum Gasteiger partial charge on any atom is 0.123 e. The van der Waals surface area contributed by atoms with Crippen molar-refractivity contribution in [3.63, 3.8) is 0 Å². The third-order valence-electron chi connectivity index (χ3n) is 3.81. The molecule has 0 heterocycles. The molecular formula is C19H24FNO. The van der Waals surface area contributed by atoms with Crippen LogP contribution in [0.5, 0.6) is 5.75 Å². The second-order valence-corrected chi connectivity index (χ2v) is 5.65. The molecule has 0 radical (unpaired) electrons. The van der Waals surface area contributed by atoms with E-state index in [1.165, 1.54) is 11.6 Å². The maximum atomic E-state index is 13.3. The summed E-state index contributed by atoms with van der Waals surface area (Å²) in [5.74, 6) is 0.939. The van der Waals surface area contributed by atoms with Gasteiger partial charge in [-0.3, -0.25) is 0 Å². The molecule has 0 spiro atoms. The molecule has 0 aliphatic carbocycles. The Hall–Kier alpha value is -1.87. The van der Waals surface area contributed by atoms with E-state index in [2.05, 4.69) is 13.0 Å². The Bertz CT molecular complexity index is 585. The smallest absolute Gasteiger partial charge is 0.123 e. The van der Waals surface area contributed by atoms with Crippen molar-refractivity contribution in [2.45, 2.75) is 32.1 Å². The fourth-order valence-corrected chi connectivity index (χ4v) is 2.57. The fraction of sp³-hybridized carbons (Fsp3) is 0.368. The Labute approximate surface area is 132 Å². The first-order valence-electron chi connectivity index (χ1n) is 7.84. The number of unbranched alkanes of at least 4 members (excludes halogenated alkanes) is 1. The minimum atomic E-state index is -0.196. The first kappa shape index (κ1) is 16.5. The molecule has 0 saturated carbocycles. The molecule has 2 N–H and O–H groups in total. The molecule has 118 valence electrons. The number of hydrogen-bond acceptors (Lipinski definition) is 2. The van der Waals surface area contributed by atoms with E-state index in [1.54, 1.807) is 12.1 Å². The summed E-state index contributed by atoms with van der Waals surface area (Å²) >= 11 is 0. The SMILES string of the molecule is Cc1cccc(OCCCCC(CN)c2cccc(F)c2)c1. The van der Waals surface area contributed by atoms with Crippen molar-refractivity contribution < 1.29 is 9.13 Å². The number of benzene rings is 2. The molecule has 22 heavy (non-hydrogen) atoms. The topological polar surface area (TPSA) is 35.2 Å². The van der Waals surface area contributed by atoms with E-state index in [-0.39, 0.29) is 11.7 Å². The number of aryl methyl sites for hydroxylation is 1. The first-order chi connectivity index (χ1) is 10.7. The lowest BCUT2D eigenvalue weighted by Crippen LogP contribution is -2.13. The average Bonchev–Trinajstić information content (AvgIpc) is 2.51. The number of rotatable bonds is 8. The summed E-state index contributed by atoms with van der Waals surface area (Å²) in [6, 6.07) is 14.8. The first-order valence-corrected chi connectivity index (χ1v) is 7.84. The van der Waals surface area contributed by atoms with Crippen molar-refractivity contribution in [3.8, 4) is 5.75 Å². The molecule has 0 bridgehead atoms. The molecule has 2 rings (SSSR count). The van der Waals surface area contributed by atoms with Crippen LogP contribution in [0.4, 0.5) is 4.39 Å². The maximum absolute atomic E-state index is 13.3. The average molecular weight is 301 g/mol. The van der Waals surface area contributed by atoms with Gasteiger partial charge < -0.3 is 10.5 Å². The molecule has 0 amide bonds. The van der Waals surface area contributed by atoms with Gasteiger partial charge in [-0.25, -0.2) is 4.39 Å². The van der Waals surface area contributed by atoms with E-state index in [4.69, 9.17) is 10.5 Å². The zero-order valence-electron chi connectivity index (χ0n) is 13.1. The summed E-state index contributed by atoms with van der Waals surface area (Å²) in [6.07, 6.45) is 2.95. The Morgan fingerprint density at radius 2 is 1.91 bits per heavy atom. The van der Waals surface area contributed by atoms with Crippen molar-refractivity contribution in [2.24, 2.45) is 5.73 Å². The molecule has 1 unspecified atom stereocenters. The highest BCUT2D eigenvalue weighted by Gasteiger charge is 2.10. The lowest BCUT2D eigenvalue weighted by Gasteiger charge is -2.15. The van der Waals surface area contributed by atoms with Gasteiger partial charge in [0, 0.05) is 0 Å². The quantitative estimate of drug-likeness (QED) is 0.732. The van der Waals surface area contributed by atoms with Gasteiger partial charge in [0.25, 0.3) is 0 Å². The molecule has 0 saturated heterocycles. The standard InChI is InChI=1S/C19H24FNO/c1-15-6-4-10-19(12-15)22-11-3-2-7-17(14-21)16-8-5-9-18(20)13-16/h4-6,8-10,12-13,17H,2-3,7,11,14,21H2,1H3. The van der Waals surface area contributed by atoms with Crippen molar-refractivity contribution in [3.05, 3.63) is 65.5 Å². The lowest BCUT2D eigenvalue weighted by atomic mass is 9.93. The third kappa shape index (κ3) is 5.15. The Balaban J connectivity index is 1.73. The van der Waals surface area contributed by atoms with Gasteiger partial charge in [-0.1, -0.05) is 24.3 Å². The van der Waals surface area contributed by atoms with Crippen LogP contribution in [0.25, 0.3) is 0 Å². The predicted octanol–water partition coefficient (Wildman–Crippen LogP) is 4.43. The largest absolute Gasteiger partial charge is 0.494 e. The van der Waals surface area contributed by atoms with Crippen LogP contribution in [-0.2, 0) is 0 Å². The van der Waals surface area contributed by atoms with Gasteiger partial charge in [0.2, 0.25) is 0 Å². The van der Waals surface area contributed by atoms with E-state index >= 15 is 0 Å². The molecule has 1 atom stereocenters. The van der Waals surface area contributed by atoms with Crippen LogP contribution in [0.3, 0.4) is 0 Å². The van der Waals surface area contributed by atoms with Gasteiger partial charge in [0.05, 0.1) is 6.61 Å². The van der Waals surface area contributed by atoms with Crippen molar-refractivity contribution >= 4 is 0 Å². The number of nitrogens with two attached hydrogens (primary N) is 1. The highest BCUT2D eigenvalue weighted by atomic mass is 19.1. The van der Waals surface area contributed by atoms with Crippen LogP contribution in [-0.4, -0.2) is 13.2 Å². The molecule has 2 aromatic carbocycles. The van der Waals surface area contributed by atoms with E-state index in [0.29, 0.717) is 13.2 Å². The number of halogens is 1. The fourth-order valence-electron chi connectivity index (χ4n) is 2.57. The van der Waals surface area contributed by atoms with Gasteiger partial charge in [-0.2, -0.15) is 0 Å². The highest BCUT2D eigenvalue weighted by molar-refractivity contribution is 5.27. The van der Waals surface area contributed by atoms with Crippen LogP contribution in [0, 0.1) is 12.7 Å². The van der Waals surface area contributed by atoms with E-state index in [9.17, 15) is 4.39 Å². The molecule has 2 nitrogen and oxygen atoms in total. The summed E-state index contributed by atoms with van der Waals surface area (Å²) in [4.78, 5) is 0. The van der Waals surface area contributed by atoms with Crippen LogP contribution in [0.15, 0.2) is 48.5 Å². The van der Waals surface area contributed by atoms with E-state index in [1.807, 2.05) is 24.3 Å². The van der Waals surface area contributed by atoms with Gasteiger partial charge >= 0.3 is 0 Å². The highest BCUT2D eigenvalue weighted by Crippen LogP contribution is 2.22. The molecule has 0 aliphatic heterocycles. The molecule has 0 fully saturated rings. The monoisotopic (exact) mass is 301 g/mol. The van der Waals surface area contributed by atoms with Crippen LogP contribution < -0.4 is 10.5 Å². The summed E-state index contributed by atoms with van der Waals surface area (Å²) < 4.78 is 19.0. The van der Waals surface area contributed by atoms with Crippen LogP contribution >= 0.6 is 0 Å². The molecule has 2 aromatic rings. The number of hydrogen-bond donors (Lipinski definition) is 1. The predicted molar refractivity (Wildman–Crippen MR) is 88.7 cm³/mol. The van der Waals surface area contributed by atoms with Gasteiger partial charge in [-0.05, 0) is 74.0 Å². The minimum absolute atomic E-state index is 0.196. The molecular weight excluding hydrogens is 277 g/mol. The Morgan fingerprint density at radius 1 is 1.09 bits per heavy atom. The van der Waals surface area contributed by atoms with Crippen molar-refractivity contribution in [2.75, 3.05) is 13.2 Å². The summed E-state index contributed by atoms with van der Waals surface area (Å²) in [5.41, 5.74) is 8.01. The number of ether oxygens (including phenoxy) is 1. The minimum Gasteiger partial charge on any atom is -0.494 e. The second-order valence-electron chi connectivity index (χ2n) is 5.65. The summed E-state index contributed by atoms with van der Waals surface area (Å²) in [6.45, 7) is 3.30. The van der Waals surface area contributed by atoms with Gasteiger partial charge in [0.1, 0.15) is 11.6 Å². The van der Waals surface area contributed by atoms with Gasteiger partial charge in [-0.15, -0.1) is 0 Å². The molecule has 0 aromatic heterocycles. The Morgan fingerprint density at radius 3 is 2.64 bits per heavy atom. The zero-order chi connectivity index (χ0) is 15.8. The van der Waals surface area contributed by atoms with Crippen LogP contribution in [0.1, 0.15) is 36.3 Å². The molecule has 0 aliphatic rings.